The summed E-state index contributed by atoms with van der Waals surface area (Å²) in [5.74, 6) is -0.968. The number of carboxylic acids is 1. The number of aliphatic carboxylic acids is 1. The lowest BCUT2D eigenvalue weighted by molar-refractivity contribution is -0.151. The van der Waals surface area contributed by atoms with Crippen molar-refractivity contribution in [3.63, 3.8) is 0 Å². The van der Waals surface area contributed by atoms with Gasteiger partial charge in [-0.1, -0.05) is 12.8 Å². The Labute approximate surface area is 114 Å². The third-order valence-corrected chi connectivity index (χ3v) is 5.25. The molecule has 2 atom stereocenters. The average molecular weight is 293 g/mol. The van der Waals surface area contributed by atoms with E-state index in [1.165, 1.54) is 7.11 Å². The molecule has 0 aromatic carbocycles. The molecule has 1 aliphatic rings. The molecule has 1 fully saturated rings. The quantitative estimate of drug-likeness (QED) is 0.682. The second-order valence-corrected chi connectivity index (χ2v) is 7.18. The SMILES string of the molecule is COCCCS(=O)(=O)NC1CCCCC1(C)C(=O)O. The van der Waals surface area contributed by atoms with E-state index in [2.05, 4.69) is 4.72 Å². The van der Waals surface area contributed by atoms with Gasteiger partial charge in [0.1, 0.15) is 0 Å². The van der Waals surface area contributed by atoms with E-state index in [0.29, 0.717) is 25.9 Å². The topological polar surface area (TPSA) is 92.7 Å². The van der Waals surface area contributed by atoms with Crippen molar-refractivity contribution in [2.75, 3.05) is 19.5 Å². The fourth-order valence-corrected chi connectivity index (χ4v) is 3.87. The molecule has 7 heteroatoms. The molecule has 112 valence electrons. The van der Waals surface area contributed by atoms with Gasteiger partial charge in [-0.15, -0.1) is 0 Å². The summed E-state index contributed by atoms with van der Waals surface area (Å²) in [5.41, 5.74) is -1.01. The van der Waals surface area contributed by atoms with E-state index in [1.807, 2.05) is 0 Å². The van der Waals surface area contributed by atoms with Gasteiger partial charge in [0.2, 0.25) is 10.0 Å². The highest BCUT2D eigenvalue weighted by Gasteiger charge is 2.44. The van der Waals surface area contributed by atoms with Crippen LogP contribution in [0.15, 0.2) is 0 Å². The Balaban J connectivity index is 2.69. The van der Waals surface area contributed by atoms with Crippen LogP contribution in [-0.4, -0.2) is 45.0 Å². The van der Waals surface area contributed by atoms with Gasteiger partial charge in [-0.3, -0.25) is 4.79 Å². The van der Waals surface area contributed by atoms with Crippen LogP contribution in [0.3, 0.4) is 0 Å². The molecule has 0 radical (unpaired) electrons. The minimum absolute atomic E-state index is 0.0347. The predicted molar refractivity (Wildman–Crippen MR) is 71.4 cm³/mol. The van der Waals surface area contributed by atoms with Crippen LogP contribution < -0.4 is 4.72 Å². The van der Waals surface area contributed by atoms with Crippen LogP contribution in [0.25, 0.3) is 0 Å². The van der Waals surface area contributed by atoms with Gasteiger partial charge in [-0.25, -0.2) is 13.1 Å². The summed E-state index contributed by atoms with van der Waals surface area (Å²) in [6.45, 7) is 2.00. The molecule has 0 heterocycles. The van der Waals surface area contributed by atoms with E-state index in [4.69, 9.17) is 4.74 Å². The second-order valence-electron chi connectivity index (χ2n) is 5.30. The van der Waals surface area contributed by atoms with E-state index in [0.717, 1.165) is 12.8 Å². The molecule has 0 saturated heterocycles. The zero-order chi connectivity index (χ0) is 14.5. The number of hydrogen-bond acceptors (Lipinski definition) is 4. The molecule has 19 heavy (non-hydrogen) atoms. The summed E-state index contributed by atoms with van der Waals surface area (Å²) in [7, 11) is -1.93. The van der Waals surface area contributed by atoms with Crippen LogP contribution in [0.1, 0.15) is 39.0 Å². The smallest absolute Gasteiger partial charge is 0.310 e. The maximum absolute atomic E-state index is 11.9. The highest BCUT2D eigenvalue weighted by molar-refractivity contribution is 7.89. The first-order valence-electron chi connectivity index (χ1n) is 6.54. The molecule has 1 saturated carbocycles. The number of sulfonamides is 1. The van der Waals surface area contributed by atoms with Crippen molar-refractivity contribution >= 4 is 16.0 Å². The molecule has 2 unspecified atom stereocenters. The van der Waals surface area contributed by atoms with Crippen molar-refractivity contribution in [1.29, 1.82) is 0 Å². The standard InChI is InChI=1S/C12H23NO5S/c1-12(11(14)15)7-4-3-6-10(12)13-19(16,17)9-5-8-18-2/h10,13H,3-9H2,1-2H3,(H,14,15). The number of carboxylic acid groups (broad SMARTS) is 1. The predicted octanol–water partition coefficient (Wildman–Crippen LogP) is 0.976. The van der Waals surface area contributed by atoms with Gasteiger partial charge in [0.25, 0.3) is 0 Å². The number of hydrogen-bond donors (Lipinski definition) is 2. The van der Waals surface area contributed by atoms with E-state index in [1.54, 1.807) is 6.92 Å². The first kappa shape index (κ1) is 16.4. The van der Waals surface area contributed by atoms with Gasteiger partial charge < -0.3 is 9.84 Å². The van der Waals surface area contributed by atoms with Gasteiger partial charge in [-0.05, 0) is 26.2 Å². The summed E-state index contributed by atoms with van der Waals surface area (Å²) < 4.78 is 31.2. The van der Waals surface area contributed by atoms with Crippen LogP contribution in [0.5, 0.6) is 0 Å². The lowest BCUT2D eigenvalue weighted by atomic mass is 9.72. The van der Waals surface area contributed by atoms with E-state index in [9.17, 15) is 18.3 Å². The Morgan fingerprint density at radius 1 is 1.47 bits per heavy atom. The summed E-state index contributed by atoms with van der Waals surface area (Å²) in [4.78, 5) is 11.4. The summed E-state index contributed by atoms with van der Waals surface area (Å²) >= 11 is 0. The van der Waals surface area contributed by atoms with E-state index in [-0.39, 0.29) is 5.75 Å². The third-order valence-electron chi connectivity index (χ3n) is 3.78. The fourth-order valence-electron chi connectivity index (χ4n) is 2.45. The Bertz CT molecular complexity index is 408. The molecular formula is C12H23NO5S. The summed E-state index contributed by atoms with van der Waals surface area (Å²) in [6, 6.07) is -0.522. The molecule has 0 aromatic heterocycles. The fraction of sp³-hybridized carbons (Fsp3) is 0.917. The number of nitrogens with one attached hydrogen (secondary N) is 1. The molecule has 0 aromatic rings. The van der Waals surface area contributed by atoms with Crippen LogP contribution in [0.4, 0.5) is 0 Å². The normalized spacial score (nSPS) is 28.2. The first-order chi connectivity index (χ1) is 8.82. The summed E-state index contributed by atoms with van der Waals surface area (Å²) in [5, 5.41) is 9.32. The molecule has 2 N–H and O–H groups in total. The Kier molecular flexibility index (Phi) is 5.76. The number of methoxy groups -OCH3 is 1. The van der Waals surface area contributed by atoms with Crippen molar-refractivity contribution in [3.05, 3.63) is 0 Å². The number of rotatable bonds is 7. The van der Waals surface area contributed by atoms with Gasteiger partial charge >= 0.3 is 5.97 Å². The highest BCUT2D eigenvalue weighted by atomic mass is 32.2. The number of carbonyl (C=O) groups is 1. The first-order valence-corrected chi connectivity index (χ1v) is 8.19. The molecule has 1 rings (SSSR count). The molecule has 0 spiro atoms. The average Bonchev–Trinajstić information content (AvgIpc) is 2.32. The maximum Gasteiger partial charge on any atom is 0.310 e. The summed E-state index contributed by atoms with van der Waals surface area (Å²) in [6.07, 6.45) is 3.17. The zero-order valence-electron chi connectivity index (χ0n) is 11.5. The maximum atomic E-state index is 11.9. The monoisotopic (exact) mass is 293 g/mol. The van der Waals surface area contributed by atoms with Crippen molar-refractivity contribution in [3.8, 4) is 0 Å². The molecular weight excluding hydrogens is 270 g/mol. The lowest BCUT2D eigenvalue weighted by Gasteiger charge is -2.38. The Morgan fingerprint density at radius 3 is 2.74 bits per heavy atom. The second kappa shape index (κ2) is 6.67. The molecule has 0 amide bonds. The van der Waals surface area contributed by atoms with Crippen molar-refractivity contribution in [2.45, 2.75) is 45.1 Å². The third kappa shape index (κ3) is 4.43. The van der Waals surface area contributed by atoms with Crippen LogP contribution in [0.2, 0.25) is 0 Å². The van der Waals surface area contributed by atoms with E-state index < -0.39 is 27.4 Å². The van der Waals surface area contributed by atoms with Crippen LogP contribution >= 0.6 is 0 Å². The molecule has 6 nitrogen and oxygen atoms in total. The van der Waals surface area contributed by atoms with Crippen molar-refractivity contribution in [1.82, 2.24) is 4.72 Å². The van der Waals surface area contributed by atoms with Crippen molar-refractivity contribution < 1.29 is 23.1 Å². The zero-order valence-corrected chi connectivity index (χ0v) is 12.3. The van der Waals surface area contributed by atoms with Crippen molar-refractivity contribution in [2.24, 2.45) is 5.41 Å². The lowest BCUT2D eigenvalue weighted by Crippen LogP contribution is -2.52. The minimum atomic E-state index is -3.45. The molecule has 1 aliphatic carbocycles. The van der Waals surface area contributed by atoms with Gasteiger partial charge in [0, 0.05) is 19.8 Å². The number of ether oxygens (including phenoxy) is 1. The van der Waals surface area contributed by atoms with Gasteiger partial charge in [0.15, 0.2) is 0 Å². The van der Waals surface area contributed by atoms with Gasteiger partial charge in [-0.2, -0.15) is 0 Å². The highest BCUT2D eigenvalue weighted by Crippen LogP contribution is 2.36. The van der Waals surface area contributed by atoms with Crippen LogP contribution in [-0.2, 0) is 19.6 Å². The van der Waals surface area contributed by atoms with E-state index >= 15 is 0 Å². The van der Waals surface area contributed by atoms with Gasteiger partial charge in [0.05, 0.1) is 11.2 Å². The van der Waals surface area contributed by atoms with Crippen LogP contribution in [0, 0.1) is 5.41 Å². The Morgan fingerprint density at radius 2 is 2.16 bits per heavy atom. The minimum Gasteiger partial charge on any atom is -0.481 e. The molecule has 0 aliphatic heterocycles. The molecule has 0 bridgehead atoms. The Hall–Kier alpha value is -0.660. The largest absolute Gasteiger partial charge is 0.481 e.